The maximum atomic E-state index is 12.7. The fraction of sp³-hybridized carbons (Fsp3) is 0.417. The van der Waals surface area contributed by atoms with Gasteiger partial charge < -0.3 is 10.0 Å². The number of alkyl halides is 3. The molecular formula is C12H11BrF3NO2. The molecule has 0 bridgehead atoms. The second-order valence-electron chi connectivity index (χ2n) is 4.52. The van der Waals surface area contributed by atoms with Crippen LogP contribution in [0.3, 0.4) is 0 Å². The van der Waals surface area contributed by atoms with E-state index >= 15 is 0 Å². The van der Waals surface area contributed by atoms with Crippen LogP contribution in [0.4, 0.5) is 13.2 Å². The van der Waals surface area contributed by atoms with E-state index in [4.69, 9.17) is 0 Å². The van der Waals surface area contributed by atoms with Crippen molar-refractivity contribution in [1.82, 2.24) is 4.90 Å². The van der Waals surface area contributed by atoms with E-state index in [1.807, 2.05) is 0 Å². The zero-order chi connectivity index (χ0) is 14.3. The van der Waals surface area contributed by atoms with Gasteiger partial charge in [0.05, 0.1) is 6.54 Å². The highest BCUT2D eigenvalue weighted by atomic mass is 79.9. The summed E-state index contributed by atoms with van der Waals surface area (Å²) in [5.41, 5.74) is -2.50. The molecular weight excluding hydrogens is 327 g/mol. The molecule has 1 aromatic rings. The van der Waals surface area contributed by atoms with Gasteiger partial charge in [-0.1, -0.05) is 22.0 Å². The van der Waals surface area contributed by atoms with Crippen molar-refractivity contribution in [3.8, 4) is 0 Å². The van der Waals surface area contributed by atoms with Gasteiger partial charge in [-0.3, -0.25) is 4.79 Å². The van der Waals surface area contributed by atoms with E-state index in [-0.39, 0.29) is 6.54 Å². The Kier molecular flexibility index (Phi) is 3.61. The predicted octanol–water partition coefficient (Wildman–Crippen LogP) is 2.59. The van der Waals surface area contributed by atoms with Gasteiger partial charge in [0.2, 0.25) is 0 Å². The predicted molar refractivity (Wildman–Crippen MR) is 65.7 cm³/mol. The van der Waals surface area contributed by atoms with Gasteiger partial charge in [0.1, 0.15) is 0 Å². The smallest absolute Gasteiger partial charge is 0.379 e. The Balaban J connectivity index is 2.16. The molecule has 0 saturated carbocycles. The van der Waals surface area contributed by atoms with Gasteiger partial charge in [0.25, 0.3) is 5.91 Å². The van der Waals surface area contributed by atoms with Gasteiger partial charge in [0.15, 0.2) is 5.60 Å². The van der Waals surface area contributed by atoms with Crippen LogP contribution in [-0.2, 0) is 0 Å². The van der Waals surface area contributed by atoms with Crippen molar-refractivity contribution in [1.29, 1.82) is 0 Å². The number of carbonyl (C=O) groups is 1. The highest BCUT2D eigenvalue weighted by Gasteiger charge is 2.57. The number of rotatable bonds is 1. The van der Waals surface area contributed by atoms with Crippen molar-refractivity contribution in [2.45, 2.75) is 18.2 Å². The number of β-amino-alcohol motifs (C(OH)–C–C–N with tert-alkyl or cyclic N) is 1. The average Bonchev–Trinajstić information content (AvgIpc) is 2.72. The largest absolute Gasteiger partial charge is 0.419 e. The maximum absolute atomic E-state index is 12.7. The Morgan fingerprint density at radius 2 is 2.11 bits per heavy atom. The minimum atomic E-state index is -4.72. The Hall–Kier alpha value is -1.08. The molecule has 1 fully saturated rings. The van der Waals surface area contributed by atoms with Crippen LogP contribution >= 0.6 is 15.9 Å². The maximum Gasteiger partial charge on any atom is 0.419 e. The van der Waals surface area contributed by atoms with Gasteiger partial charge >= 0.3 is 6.18 Å². The summed E-state index contributed by atoms with van der Waals surface area (Å²) in [4.78, 5) is 13.1. The van der Waals surface area contributed by atoms with Gasteiger partial charge in [-0.2, -0.15) is 13.2 Å². The van der Waals surface area contributed by atoms with Crippen LogP contribution in [0.2, 0.25) is 0 Å². The van der Waals surface area contributed by atoms with E-state index in [2.05, 4.69) is 15.9 Å². The summed E-state index contributed by atoms with van der Waals surface area (Å²) in [5.74, 6) is -0.513. The number of likely N-dealkylation sites (tertiary alicyclic amines) is 1. The molecule has 1 atom stereocenters. The van der Waals surface area contributed by atoms with E-state index in [0.29, 0.717) is 10.0 Å². The van der Waals surface area contributed by atoms with E-state index < -0.39 is 30.7 Å². The molecule has 1 amide bonds. The van der Waals surface area contributed by atoms with E-state index in [1.165, 1.54) is 12.1 Å². The van der Waals surface area contributed by atoms with Crippen molar-refractivity contribution in [2.75, 3.05) is 13.1 Å². The lowest BCUT2D eigenvalue weighted by atomic mass is 10.0. The Labute approximate surface area is 116 Å². The Bertz CT molecular complexity index is 506. The molecule has 3 nitrogen and oxygen atoms in total. The molecule has 7 heteroatoms. The van der Waals surface area contributed by atoms with Crippen LogP contribution < -0.4 is 0 Å². The first-order valence-corrected chi connectivity index (χ1v) is 6.36. The first kappa shape index (κ1) is 14.3. The summed E-state index contributed by atoms with van der Waals surface area (Å²) in [6.07, 6.45) is -5.21. The topological polar surface area (TPSA) is 40.5 Å². The quantitative estimate of drug-likeness (QED) is 0.855. The highest BCUT2D eigenvalue weighted by Crippen LogP contribution is 2.38. The number of nitrogens with zero attached hydrogens (tertiary/aromatic N) is 1. The number of carbonyl (C=O) groups excluding carboxylic acids is 1. The van der Waals surface area contributed by atoms with Crippen LogP contribution in [-0.4, -0.2) is 40.8 Å². The van der Waals surface area contributed by atoms with E-state index in [0.717, 1.165) is 4.90 Å². The van der Waals surface area contributed by atoms with Gasteiger partial charge in [0, 0.05) is 23.0 Å². The van der Waals surface area contributed by atoms with Crippen molar-refractivity contribution in [2.24, 2.45) is 0 Å². The normalized spacial score (nSPS) is 23.7. The van der Waals surface area contributed by atoms with Crippen molar-refractivity contribution < 1.29 is 23.1 Å². The number of halogens is 4. The van der Waals surface area contributed by atoms with Crippen LogP contribution in [0.5, 0.6) is 0 Å². The van der Waals surface area contributed by atoms with Crippen LogP contribution in [0, 0.1) is 0 Å². The Morgan fingerprint density at radius 1 is 1.42 bits per heavy atom. The third-order valence-corrected chi connectivity index (χ3v) is 3.63. The molecule has 1 N–H and O–H groups in total. The second-order valence-corrected chi connectivity index (χ2v) is 5.43. The summed E-state index contributed by atoms with van der Waals surface area (Å²) in [5, 5.41) is 9.52. The molecule has 1 heterocycles. The fourth-order valence-electron chi connectivity index (χ4n) is 2.00. The minimum absolute atomic E-state index is 0.110. The summed E-state index contributed by atoms with van der Waals surface area (Å²) in [7, 11) is 0. The van der Waals surface area contributed by atoms with Crippen molar-refractivity contribution in [3.63, 3.8) is 0 Å². The standard InChI is InChI=1S/C12H11BrF3NO2/c13-9-3-1-2-8(6-9)10(18)17-5-4-11(19,7-17)12(14,15)16/h1-3,6,19H,4-5,7H2/t11-/m1/s1. The molecule has 1 aromatic carbocycles. The lowest BCUT2D eigenvalue weighted by Gasteiger charge is -2.25. The van der Waals surface area contributed by atoms with E-state index in [9.17, 15) is 23.1 Å². The monoisotopic (exact) mass is 337 g/mol. The highest BCUT2D eigenvalue weighted by molar-refractivity contribution is 9.10. The number of amides is 1. The molecule has 1 aliphatic heterocycles. The van der Waals surface area contributed by atoms with Crippen molar-refractivity contribution >= 4 is 21.8 Å². The molecule has 0 unspecified atom stereocenters. The third kappa shape index (κ3) is 2.76. The summed E-state index contributed by atoms with van der Waals surface area (Å²) in [6.45, 7) is -0.830. The Morgan fingerprint density at radius 3 is 2.63 bits per heavy atom. The minimum Gasteiger partial charge on any atom is -0.379 e. The first-order valence-electron chi connectivity index (χ1n) is 5.57. The molecule has 104 valence electrons. The molecule has 19 heavy (non-hydrogen) atoms. The van der Waals surface area contributed by atoms with Crippen LogP contribution in [0.25, 0.3) is 0 Å². The van der Waals surface area contributed by atoms with Gasteiger partial charge in [-0.15, -0.1) is 0 Å². The van der Waals surface area contributed by atoms with E-state index in [1.54, 1.807) is 12.1 Å². The summed E-state index contributed by atoms with van der Waals surface area (Å²) >= 11 is 3.19. The van der Waals surface area contributed by atoms with Crippen LogP contribution in [0.15, 0.2) is 28.7 Å². The number of hydrogen-bond donors (Lipinski definition) is 1. The number of aliphatic hydroxyl groups is 1. The fourth-order valence-corrected chi connectivity index (χ4v) is 2.40. The van der Waals surface area contributed by atoms with Gasteiger partial charge in [-0.25, -0.2) is 0 Å². The molecule has 0 aliphatic carbocycles. The lowest BCUT2D eigenvalue weighted by Crippen LogP contribution is -2.48. The molecule has 0 radical (unpaired) electrons. The summed E-state index contributed by atoms with van der Waals surface area (Å²) < 4.78 is 38.6. The van der Waals surface area contributed by atoms with Crippen molar-refractivity contribution in [3.05, 3.63) is 34.3 Å². The zero-order valence-electron chi connectivity index (χ0n) is 9.75. The van der Waals surface area contributed by atoms with Crippen LogP contribution in [0.1, 0.15) is 16.8 Å². The average molecular weight is 338 g/mol. The molecule has 2 rings (SSSR count). The lowest BCUT2D eigenvalue weighted by molar-refractivity contribution is -0.253. The zero-order valence-corrected chi connectivity index (χ0v) is 11.3. The number of hydrogen-bond acceptors (Lipinski definition) is 2. The molecule has 0 spiro atoms. The van der Waals surface area contributed by atoms with Gasteiger partial charge in [-0.05, 0) is 18.2 Å². The SMILES string of the molecule is O=C(c1cccc(Br)c1)N1CC[C@](O)(C(F)(F)F)C1. The molecule has 1 saturated heterocycles. The second kappa shape index (κ2) is 4.79. The molecule has 1 aliphatic rings. The number of benzene rings is 1. The third-order valence-electron chi connectivity index (χ3n) is 3.13. The summed E-state index contributed by atoms with van der Waals surface area (Å²) in [6, 6.07) is 6.40. The first-order chi connectivity index (χ1) is 8.73. The molecule has 0 aromatic heterocycles.